The lowest BCUT2D eigenvalue weighted by molar-refractivity contribution is -0.126. The average Bonchev–Trinajstić information content (AvgIpc) is 2.25. The van der Waals surface area contributed by atoms with Crippen molar-refractivity contribution in [1.29, 1.82) is 0 Å². The molecule has 2 unspecified atom stereocenters. The van der Waals surface area contributed by atoms with Gasteiger partial charge in [-0.3, -0.25) is 4.79 Å². The van der Waals surface area contributed by atoms with E-state index in [4.69, 9.17) is 0 Å². The van der Waals surface area contributed by atoms with E-state index in [1.165, 1.54) is 6.42 Å². The molecule has 1 nitrogen and oxygen atoms in total. The lowest BCUT2D eigenvalue weighted by Crippen LogP contribution is -2.26. The molecule has 1 aliphatic carbocycles. The van der Waals surface area contributed by atoms with Crippen LogP contribution in [0, 0.1) is 23.7 Å². The summed E-state index contributed by atoms with van der Waals surface area (Å²) in [6, 6.07) is 0. The summed E-state index contributed by atoms with van der Waals surface area (Å²) in [7, 11) is 0. The summed E-state index contributed by atoms with van der Waals surface area (Å²) in [6.45, 7) is 8.93. The van der Waals surface area contributed by atoms with E-state index in [0.717, 1.165) is 25.7 Å². The highest BCUT2D eigenvalue weighted by molar-refractivity contribution is 5.86. The molecule has 1 rings (SSSR count). The van der Waals surface area contributed by atoms with Crippen LogP contribution in [0.25, 0.3) is 0 Å². The zero-order chi connectivity index (χ0) is 12.8. The summed E-state index contributed by atoms with van der Waals surface area (Å²) in [5, 5.41) is 0. The molecule has 0 aliphatic heterocycles. The number of hydrogen-bond donors (Lipinski definition) is 0. The van der Waals surface area contributed by atoms with Crippen LogP contribution in [0.3, 0.4) is 0 Å². The Morgan fingerprint density at radius 1 is 1.12 bits per heavy atom. The van der Waals surface area contributed by atoms with Gasteiger partial charge in [-0.15, -0.1) is 0 Å². The van der Waals surface area contributed by atoms with Crippen molar-refractivity contribution in [2.45, 2.75) is 59.8 Å². The van der Waals surface area contributed by atoms with Crippen molar-refractivity contribution >= 4 is 5.78 Å². The highest BCUT2D eigenvalue weighted by atomic mass is 16.1. The molecule has 2 atom stereocenters. The second-order valence-electron chi connectivity index (χ2n) is 6.31. The van der Waals surface area contributed by atoms with Crippen molar-refractivity contribution in [3.8, 4) is 0 Å². The number of hydrogen-bond acceptors (Lipinski definition) is 1. The Labute approximate surface area is 107 Å². The zero-order valence-corrected chi connectivity index (χ0v) is 11.9. The van der Waals surface area contributed by atoms with E-state index >= 15 is 0 Å². The van der Waals surface area contributed by atoms with Crippen molar-refractivity contribution in [1.82, 2.24) is 0 Å². The minimum Gasteiger partial charge on any atom is -0.299 e. The van der Waals surface area contributed by atoms with Gasteiger partial charge >= 0.3 is 0 Å². The lowest BCUT2D eigenvalue weighted by Gasteiger charge is -2.24. The van der Waals surface area contributed by atoms with Gasteiger partial charge in [-0.25, -0.2) is 0 Å². The van der Waals surface area contributed by atoms with E-state index in [1.54, 1.807) is 0 Å². The minimum atomic E-state index is 0.211. The summed E-state index contributed by atoms with van der Waals surface area (Å²) in [5.74, 6) is 2.44. The Morgan fingerprint density at radius 2 is 1.71 bits per heavy atom. The third-order valence-corrected chi connectivity index (χ3v) is 3.70. The van der Waals surface area contributed by atoms with Crippen LogP contribution in [0.2, 0.25) is 0 Å². The van der Waals surface area contributed by atoms with Gasteiger partial charge < -0.3 is 0 Å². The van der Waals surface area contributed by atoms with E-state index in [-0.39, 0.29) is 5.92 Å². The molecule has 1 aliphatic rings. The van der Waals surface area contributed by atoms with Crippen LogP contribution in [0.15, 0.2) is 12.2 Å². The number of carbonyl (C=O) groups excluding carboxylic acids is 1. The Hall–Kier alpha value is -0.590. The molecule has 0 amide bonds. The number of ketones is 1. The molecular formula is C16H28O. The van der Waals surface area contributed by atoms with Gasteiger partial charge in [0.05, 0.1) is 0 Å². The van der Waals surface area contributed by atoms with Crippen LogP contribution in [0.1, 0.15) is 59.8 Å². The highest BCUT2D eigenvalue weighted by Gasteiger charge is 2.27. The van der Waals surface area contributed by atoms with Gasteiger partial charge in [-0.2, -0.15) is 0 Å². The fraction of sp³-hybridized carbons (Fsp3) is 0.812. The van der Waals surface area contributed by atoms with Crippen molar-refractivity contribution < 1.29 is 4.79 Å². The number of Topliss-reactive ketones (excluding diaryl/α,β-unsaturated/α-hetero) is 1. The first kappa shape index (κ1) is 14.5. The monoisotopic (exact) mass is 236 g/mol. The van der Waals surface area contributed by atoms with Crippen LogP contribution in [0.4, 0.5) is 0 Å². The molecule has 0 aromatic rings. The Kier molecular flexibility index (Phi) is 5.94. The molecule has 0 spiro atoms. The maximum absolute atomic E-state index is 12.3. The molecule has 1 heteroatoms. The predicted octanol–water partition coefficient (Wildman–Crippen LogP) is 4.62. The minimum absolute atomic E-state index is 0.211. The molecule has 0 bridgehead atoms. The van der Waals surface area contributed by atoms with E-state index in [1.807, 2.05) is 0 Å². The summed E-state index contributed by atoms with van der Waals surface area (Å²) in [5.41, 5.74) is 0. The van der Waals surface area contributed by atoms with Gasteiger partial charge in [-0.05, 0) is 37.5 Å². The molecule has 17 heavy (non-hydrogen) atoms. The SMILES string of the molecule is CC(C)CCC1C=CCC(CCC(C)C)C1=O. The van der Waals surface area contributed by atoms with Crippen molar-refractivity contribution in [3.63, 3.8) is 0 Å². The van der Waals surface area contributed by atoms with Gasteiger partial charge in [-0.1, -0.05) is 46.3 Å². The van der Waals surface area contributed by atoms with E-state index < -0.39 is 0 Å². The third kappa shape index (κ3) is 5.06. The Bertz CT molecular complexity index is 263. The maximum atomic E-state index is 12.3. The fourth-order valence-electron chi connectivity index (χ4n) is 2.47. The van der Waals surface area contributed by atoms with Gasteiger partial charge in [0, 0.05) is 11.8 Å². The maximum Gasteiger partial charge on any atom is 0.143 e. The first-order chi connectivity index (χ1) is 8.00. The van der Waals surface area contributed by atoms with Crippen LogP contribution in [0.5, 0.6) is 0 Å². The second kappa shape index (κ2) is 6.98. The molecule has 0 radical (unpaired) electrons. The number of rotatable bonds is 6. The second-order valence-corrected chi connectivity index (χ2v) is 6.31. The zero-order valence-electron chi connectivity index (χ0n) is 11.9. The summed E-state index contributed by atoms with van der Waals surface area (Å²) < 4.78 is 0. The Morgan fingerprint density at radius 3 is 2.29 bits per heavy atom. The lowest BCUT2D eigenvalue weighted by atomic mass is 9.79. The summed E-state index contributed by atoms with van der Waals surface area (Å²) in [4.78, 5) is 12.3. The highest BCUT2D eigenvalue weighted by Crippen LogP contribution is 2.28. The summed E-state index contributed by atoms with van der Waals surface area (Å²) >= 11 is 0. The molecule has 0 heterocycles. The molecule has 98 valence electrons. The first-order valence-corrected chi connectivity index (χ1v) is 7.21. The largest absolute Gasteiger partial charge is 0.299 e. The molecule has 0 saturated carbocycles. The molecular weight excluding hydrogens is 208 g/mol. The van der Waals surface area contributed by atoms with Crippen molar-refractivity contribution in [3.05, 3.63) is 12.2 Å². The topological polar surface area (TPSA) is 17.1 Å². The molecule has 0 aromatic heterocycles. The van der Waals surface area contributed by atoms with E-state index in [2.05, 4.69) is 39.8 Å². The van der Waals surface area contributed by atoms with Gasteiger partial charge in [0.15, 0.2) is 0 Å². The fourth-order valence-corrected chi connectivity index (χ4v) is 2.47. The number of carbonyl (C=O) groups is 1. The van der Waals surface area contributed by atoms with E-state index in [9.17, 15) is 4.79 Å². The van der Waals surface area contributed by atoms with Crippen LogP contribution < -0.4 is 0 Å². The smallest absolute Gasteiger partial charge is 0.143 e. The van der Waals surface area contributed by atoms with Crippen LogP contribution in [-0.4, -0.2) is 5.78 Å². The summed E-state index contributed by atoms with van der Waals surface area (Å²) in [6.07, 6.45) is 9.83. The third-order valence-electron chi connectivity index (χ3n) is 3.70. The standard InChI is InChI=1S/C16H28O/c1-12(2)8-10-14-6-5-7-15(16(14)17)11-9-13(3)4/h5-6,12-15H,7-11H2,1-4H3. The molecule has 0 N–H and O–H groups in total. The first-order valence-electron chi connectivity index (χ1n) is 7.21. The van der Waals surface area contributed by atoms with Crippen molar-refractivity contribution in [2.24, 2.45) is 23.7 Å². The van der Waals surface area contributed by atoms with Gasteiger partial charge in [0.1, 0.15) is 5.78 Å². The predicted molar refractivity (Wildman–Crippen MR) is 73.9 cm³/mol. The average molecular weight is 236 g/mol. The van der Waals surface area contributed by atoms with E-state index in [0.29, 0.717) is 23.5 Å². The van der Waals surface area contributed by atoms with Crippen LogP contribution in [-0.2, 0) is 4.79 Å². The van der Waals surface area contributed by atoms with Gasteiger partial charge in [0.2, 0.25) is 0 Å². The molecule has 0 saturated heterocycles. The normalized spacial score (nSPS) is 24.9. The number of allylic oxidation sites excluding steroid dienone is 2. The Balaban J connectivity index is 2.44. The molecule has 0 aromatic carbocycles. The van der Waals surface area contributed by atoms with Crippen molar-refractivity contribution in [2.75, 3.05) is 0 Å². The van der Waals surface area contributed by atoms with Crippen LogP contribution >= 0.6 is 0 Å². The molecule has 0 fully saturated rings. The quantitative estimate of drug-likeness (QED) is 0.615. The van der Waals surface area contributed by atoms with Gasteiger partial charge in [0.25, 0.3) is 0 Å².